The van der Waals surface area contributed by atoms with Crippen molar-refractivity contribution in [3.8, 4) is 16.9 Å². The molecule has 0 saturated carbocycles. The van der Waals surface area contributed by atoms with Gasteiger partial charge in [0.1, 0.15) is 18.5 Å². The van der Waals surface area contributed by atoms with Crippen LogP contribution in [0.2, 0.25) is 5.02 Å². The summed E-state index contributed by atoms with van der Waals surface area (Å²) >= 11 is 6.17. The first-order valence-corrected chi connectivity index (χ1v) is 11.2. The lowest BCUT2D eigenvalue weighted by molar-refractivity contribution is 0.0663. The Morgan fingerprint density at radius 3 is 2.25 bits per heavy atom. The second-order valence-electron chi connectivity index (χ2n) is 8.07. The molecule has 1 N–H and O–H groups in total. The van der Waals surface area contributed by atoms with Gasteiger partial charge in [0.15, 0.2) is 0 Å². The average Bonchev–Trinajstić information content (AvgIpc) is 2.81. The Morgan fingerprint density at radius 2 is 1.56 bits per heavy atom. The van der Waals surface area contributed by atoms with Crippen molar-refractivity contribution in [2.75, 3.05) is 44.2 Å². The van der Waals surface area contributed by atoms with Gasteiger partial charge < -0.3 is 14.7 Å². The maximum Gasteiger partial charge on any atom is 0.119 e. The molecule has 0 amide bonds. The number of benzene rings is 3. The quantitative estimate of drug-likeness (QED) is 0.505. The van der Waals surface area contributed by atoms with Gasteiger partial charge in [-0.15, -0.1) is 12.4 Å². The van der Waals surface area contributed by atoms with Gasteiger partial charge in [-0.3, -0.25) is 4.90 Å². The fourth-order valence-electron chi connectivity index (χ4n) is 4.01. The summed E-state index contributed by atoms with van der Waals surface area (Å²) < 4.78 is 5.82. The van der Waals surface area contributed by atoms with Gasteiger partial charge in [0.2, 0.25) is 0 Å². The highest BCUT2D eigenvalue weighted by molar-refractivity contribution is 6.30. The van der Waals surface area contributed by atoms with Crippen molar-refractivity contribution in [2.45, 2.75) is 13.0 Å². The number of piperazine rings is 1. The number of anilines is 1. The Morgan fingerprint density at radius 1 is 0.906 bits per heavy atom. The molecule has 0 aromatic heterocycles. The molecule has 4 rings (SSSR count). The van der Waals surface area contributed by atoms with E-state index < -0.39 is 6.10 Å². The van der Waals surface area contributed by atoms with Gasteiger partial charge in [0.05, 0.1) is 0 Å². The predicted molar refractivity (Wildman–Crippen MR) is 135 cm³/mol. The molecule has 1 heterocycles. The van der Waals surface area contributed by atoms with E-state index in [1.54, 1.807) is 0 Å². The third-order valence-electron chi connectivity index (χ3n) is 5.76. The number of aliphatic hydroxyl groups excluding tert-OH is 1. The molecular formula is C26H30Cl2N2O2. The highest BCUT2D eigenvalue weighted by Gasteiger charge is 2.21. The van der Waals surface area contributed by atoms with E-state index in [-0.39, 0.29) is 19.0 Å². The molecule has 0 bridgehead atoms. The van der Waals surface area contributed by atoms with Gasteiger partial charge in [0.25, 0.3) is 0 Å². The van der Waals surface area contributed by atoms with E-state index in [4.69, 9.17) is 16.3 Å². The maximum absolute atomic E-state index is 10.5. The number of aryl methyl sites for hydroxylation is 1. The zero-order valence-electron chi connectivity index (χ0n) is 18.3. The van der Waals surface area contributed by atoms with E-state index in [0.717, 1.165) is 42.5 Å². The van der Waals surface area contributed by atoms with Crippen LogP contribution in [0.3, 0.4) is 0 Å². The fraction of sp³-hybridized carbons (Fsp3) is 0.308. The van der Waals surface area contributed by atoms with Crippen molar-refractivity contribution in [1.82, 2.24) is 4.90 Å². The molecule has 32 heavy (non-hydrogen) atoms. The molecule has 0 aliphatic carbocycles. The summed E-state index contributed by atoms with van der Waals surface area (Å²) in [5, 5.41) is 11.2. The molecule has 0 spiro atoms. The average molecular weight is 473 g/mol. The lowest BCUT2D eigenvalue weighted by Gasteiger charge is -2.37. The zero-order chi connectivity index (χ0) is 21.6. The summed E-state index contributed by atoms with van der Waals surface area (Å²) in [5.74, 6) is 0.778. The van der Waals surface area contributed by atoms with Crippen LogP contribution in [0.15, 0.2) is 72.8 Å². The van der Waals surface area contributed by atoms with E-state index in [2.05, 4.69) is 34.9 Å². The van der Waals surface area contributed by atoms with Crippen LogP contribution in [-0.4, -0.2) is 55.4 Å². The van der Waals surface area contributed by atoms with Crippen LogP contribution in [0, 0.1) is 6.92 Å². The van der Waals surface area contributed by atoms with Gasteiger partial charge in [0, 0.05) is 43.4 Å². The Labute approximate surface area is 201 Å². The summed E-state index contributed by atoms with van der Waals surface area (Å²) in [6.07, 6.45) is -0.520. The van der Waals surface area contributed by atoms with E-state index in [9.17, 15) is 5.11 Å². The van der Waals surface area contributed by atoms with Crippen molar-refractivity contribution >= 4 is 29.7 Å². The first-order valence-electron chi connectivity index (χ1n) is 10.8. The fourth-order valence-corrected chi connectivity index (χ4v) is 4.18. The first-order chi connectivity index (χ1) is 15.1. The Bertz CT molecular complexity index is 975. The molecule has 6 heteroatoms. The number of β-amino-alcohol motifs (C(OH)–C–C–N with tert-alkyl or cyclic N) is 1. The predicted octanol–water partition coefficient (Wildman–Crippen LogP) is 5.30. The number of hydrogen-bond acceptors (Lipinski definition) is 4. The maximum atomic E-state index is 10.5. The third-order valence-corrected chi connectivity index (χ3v) is 5.99. The van der Waals surface area contributed by atoms with Gasteiger partial charge in [-0.2, -0.15) is 0 Å². The lowest BCUT2D eigenvalue weighted by Crippen LogP contribution is -2.49. The van der Waals surface area contributed by atoms with Gasteiger partial charge >= 0.3 is 0 Å². The minimum absolute atomic E-state index is 0. The van der Waals surface area contributed by atoms with Crippen molar-refractivity contribution in [3.05, 3.63) is 83.4 Å². The van der Waals surface area contributed by atoms with E-state index in [1.165, 1.54) is 16.8 Å². The van der Waals surface area contributed by atoms with Crippen LogP contribution >= 0.6 is 24.0 Å². The van der Waals surface area contributed by atoms with E-state index in [0.29, 0.717) is 6.54 Å². The van der Waals surface area contributed by atoms with Gasteiger partial charge in [-0.25, -0.2) is 0 Å². The van der Waals surface area contributed by atoms with Crippen LogP contribution in [0.25, 0.3) is 11.1 Å². The van der Waals surface area contributed by atoms with Crippen LogP contribution in [0.4, 0.5) is 5.69 Å². The van der Waals surface area contributed by atoms with Crippen LogP contribution in [0.1, 0.15) is 5.56 Å². The van der Waals surface area contributed by atoms with Gasteiger partial charge in [-0.05, 0) is 47.9 Å². The summed E-state index contributed by atoms with van der Waals surface area (Å²) in [6.45, 7) is 6.70. The second-order valence-corrected chi connectivity index (χ2v) is 8.51. The van der Waals surface area contributed by atoms with Crippen molar-refractivity contribution in [2.24, 2.45) is 0 Å². The largest absolute Gasteiger partial charge is 0.491 e. The number of nitrogens with zero attached hydrogens (tertiary/aromatic N) is 2. The monoisotopic (exact) mass is 472 g/mol. The molecule has 1 saturated heterocycles. The molecule has 1 atom stereocenters. The minimum atomic E-state index is -0.520. The van der Waals surface area contributed by atoms with Crippen molar-refractivity contribution in [3.63, 3.8) is 0 Å². The first kappa shape index (κ1) is 24.4. The molecule has 1 aliphatic heterocycles. The molecule has 170 valence electrons. The number of hydrogen-bond donors (Lipinski definition) is 1. The molecule has 1 aliphatic rings. The summed E-state index contributed by atoms with van der Waals surface area (Å²) in [6, 6.07) is 24.3. The SMILES string of the molecule is Cc1ccc(Cl)cc1N1CCN(CC(O)COc2ccc(-c3ccccc3)cc2)CC1.Cl. The number of aliphatic hydroxyl groups is 1. The van der Waals surface area contributed by atoms with Crippen LogP contribution in [-0.2, 0) is 0 Å². The normalized spacial score (nSPS) is 15.2. The lowest BCUT2D eigenvalue weighted by atomic mass is 10.1. The standard InChI is InChI=1S/C26H29ClN2O2.ClH/c1-20-7-10-23(27)17-26(20)29-15-13-28(14-16-29)18-24(30)19-31-25-11-8-22(9-12-25)21-5-3-2-4-6-21;/h2-12,17,24,30H,13-16,18-19H2,1H3;1H. The summed E-state index contributed by atoms with van der Waals surface area (Å²) in [7, 11) is 0. The van der Waals surface area contributed by atoms with Crippen LogP contribution < -0.4 is 9.64 Å². The summed E-state index contributed by atoms with van der Waals surface area (Å²) in [5.41, 5.74) is 4.78. The number of ether oxygens (including phenoxy) is 1. The highest BCUT2D eigenvalue weighted by Crippen LogP contribution is 2.25. The molecule has 4 nitrogen and oxygen atoms in total. The molecular weight excluding hydrogens is 443 g/mol. The number of halogens is 2. The van der Waals surface area contributed by atoms with E-state index in [1.807, 2.05) is 54.6 Å². The van der Waals surface area contributed by atoms with Crippen molar-refractivity contribution in [1.29, 1.82) is 0 Å². The Hall–Kier alpha value is -2.24. The molecule has 3 aromatic rings. The second kappa shape index (κ2) is 11.6. The molecule has 1 unspecified atom stereocenters. The Kier molecular flexibility index (Phi) is 8.83. The van der Waals surface area contributed by atoms with Gasteiger partial charge in [-0.1, -0.05) is 60.1 Å². The highest BCUT2D eigenvalue weighted by atomic mass is 35.5. The minimum Gasteiger partial charge on any atom is -0.491 e. The van der Waals surface area contributed by atoms with E-state index >= 15 is 0 Å². The van der Waals surface area contributed by atoms with Crippen molar-refractivity contribution < 1.29 is 9.84 Å². The molecule has 1 fully saturated rings. The molecule has 0 radical (unpaired) electrons. The topological polar surface area (TPSA) is 35.9 Å². The van der Waals surface area contributed by atoms with Crippen LogP contribution in [0.5, 0.6) is 5.75 Å². The Balaban J connectivity index is 0.00000289. The molecule has 3 aromatic carbocycles. The zero-order valence-corrected chi connectivity index (χ0v) is 19.9. The smallest absolute Gasteiger partial charge is 0.119 e. The third kappa shape index (κ3) is 6.39. The summed E-state index contributed by atoms with van der Waals surface area (Å²) in [4.78, 5) is 4.66. The number of rotatable bonds is 7.